The molecule has 0 unspecified atom stereocenters. The molecule has 1 amide bonds. The van der Waals surface area contributed by atoms with E-state index in [1.54, 1.807) is 12.1 Å². The highest BCUT2D eigenvalue weighted by atomic mass is 16.5. The lowest BCUT2D eigenvalue weighted by Gasteiger charge is -2.35. The maximum atomic E-state index is 12.2. The lowest BCUT2D eigenvalue weighted by molar-refractivity contribution is -0.119. The summed E-state index contributed by atoms with van der Waals surface area (Å²) >= 11 is 0. The van der Waals surface area contributed by atoms with Crippen molar-refractivity contribution in [1.82, 2.24) is 4.90 Å². The van der Waals surface area contributed by atoms with Gasteiger partial charge >= 0.3 is 5.97 Å². The van der Waals surface area contributed by atoms with Crippen LogP contribution in [0.3, 0.4) is 0 Å². The highest BCUT2D eigenvalue weighted by molar-refractivity contribution is 5.95. The Balaban J connectivity index is 1.47. The molecule has 6 nitrogen and oxygen atoms in total. The van der Waals surface area contributed by atoms with E-state index < -0.39 is 5.97 Å². The minimum Gasteiger partial charge on any atom is -0.452 e. The van der Waals surface area contributed by atoms with Crippen LogP contribution in [0.4, 0.5) is 11.4 Å². The zero-order valence-electron chi connectivity index (χ0n) is 19.0. The first-order valence-electron chi connectivity index (χ1n) is 10.9. The fraction of sp³-hybridized carbons (Fsp3) is 0.440. The van der Waals surface area contributed by atoms with Crippen molar-refractivity contribution in [3.05, 3.63) is 59.7 Å². The number of ether oxygens (including phenoxy) is 1. The number of amides is 1. The van der Waals surface area contributed by atoms with Crippen molar-refractivity contribution in [2.24, 2.45) is 0 Å². The van der Waals surface area contributed by atoms with Gasteiger partial charge in [-0.05, 0) is 53.9 Å². The van der Waals surface area contributed by atoms with Gasteiger partial charge in [-0.3, -0.25) is 4.79 Å². The molecular weight excluding hydrogens is 390 g/mol. The van der Waals surface area contributed by atoms with Crippen molar-refractivity contribution in [3.8, 4) is 0 Å². The number of hydrogen-bond acceptors (Lipinski definition) is 5. The fourth-order valence-corrected chi connectivity index (χ4v) is 3.60. The Morgan fingerprint density at radius 1 is 0.935 bits per heavy atom. The second kappa shape index (κ2) is 9.96. The van der Waals surface area contributed by atoms with Crippen molar-refractivity contribution in [2.45, 2.75) is 33.1 Å². The number of anilines is 2. The molecule has 0 saturated carbocycles. The summed E-state index contributed by atoms with van der Waals surface area (Å²) in [5.74, 6) is -0.860. The van der Waals surface area contributed by atoms with Gasteiger partial charge in [-0.15, -0.1) is 0 Å². The summed E-state index contributed by atoms with van der Waals surface area (Å²) in [5.41, 5.74) is 3.43. The standard InChI is InChI=1S/C25H33N3O3/c1-5-27-14-16-28(17-15-27)22-12-10-21(11-13-22)26-23(29)18-31-24(30)19-6-8-20(9-7-19)25(2,3)4/h6-13H,5,14-18H2,1-4H3,(H,26,29). The van der Waals surface area contributed by atoms with Crippen molar-refractivity contribution < 1.29 is 14.3 Å². The number of piperazine rings is 1. The summed E-state index contributed by atoms with van der Waals surface area (Å²) in [6, 6.07) is 15.1. The molecule has 0 aromatic heterocycles. The molecule has 0 bridgehead atoms. The van der Waals surface area contributed by atoms with Crippen LogP contribution in [0.5, 0.6) is 0 Å². The van der Waals surface area contributed by atoms with Gasteiger partial charge in [0.2, 0.25) is 0 Å². The van der Waals surface area contributed by atoms with Gasteiger partial charge in [0.05, 0.1) is 5.56 Å². The van der Waals surface area contributed by atoms with Crippen LogP contribution in [0.25, 0.3) is 0 Å². The van der Waals surface area contributed by atoms with Crippen LogP contribution in [0.1, 0.15) is 43.6 Å². The van der Waals surface area contributed by atoms with Crippen LogP contribution in [0.2, 0.25) is 0 Å². The van der Waals surface area contributed by atoms with Crippen LogP contribution in [0.15, 0.2) is 48.5 Å². The molecule has 166 valence electrons. The first kappa shape index (κ1) is 22.8. The Hall–Kier alpha value is -2.86. The fourth-order valence-electron chi connectivity index (χ4n) is 3.60. The van der Waals surface area contributed by atoms with E-state index in [2.05, 4.69) is 42.8 Å². The number of nitrogens with one attached hydrogen (secondary N) is 1. The Morgan fingerprint density at radius 2 is 1.55 bits per heavy atom. The SMILES string of the molecule is CCN1CCN(c2ccc(NC(=O)COC(=O)c3ccc(C(C)(C)C)cc3)cc2)CC1. The van der Waals surface area contributed by atoms with E-state index in [-0.39, 0.29) is 17.9 Å². The second-order valence-electron chi connectivity index (χ2n) is 8.92. The predicted molar refractivity (Wildman–Crippen MR) is 125 cm³/mol. The minimum absolute atomic E-state index is 0.0156. The molecule has 1 fully saturated rings. The summed E-state index contributed by atoms with van der Waals surface area (Å²) in [4.78, 5) is 29.2. The maximum absolute atomic E-state index is 12.2. The third-order valence-electron chi connectivity index (χ3n) is 5.66. The van der Waals surface area contributed by atoms with Gasteiger partial charge < -0.3 is 19.9 Å². The minimum atomic E-state index is -0.503. The van der Waals surface area contributed by atoms with Crippen molar-refractivity contribution in [2.75, 3.05) is 49.5 Å². The molecule has 31 heavy (non-hydrogen) atoms. The van der Waals surface area contributed by atoms with Gasteiger partial charge in [-0.25, -0.2) is 4.79 Å². The molecule has 1 aliphatic heterocycles. The average Bonchev–Trinajstić information content (AvgIpc) is 2.77. The van der Waals surface area contributed by atoms with Gasteiger partial charge in [0, 0.05) is 37.6 Å². The van der Waals surface area contributed by atoms with Gasteiger partial charge in [0.25, 0.3) is 5.91 Å². The molecular formula is C25H33N3O3. The van der Waals surface area contributed by atoms with E-state index in [4.69, 9.17) is 4.74 Å². The molecule has 2 aromatic carbocycles. The van der Waals surface area contributed by atoms with E-state index in [0.29, 0.717) is 11.3 Å². The van der Waals surface area contributed by atoms with Crippen LogP contribution < -0.4 is 10.2 Å². The summed E-state index contributed by atoms with van der Waals surface area (Å²) in [6.45, 7) is 13.5. The maximum Gasteiger partial charge on any atom is 0.338 e. The van der Waals surface area contributed by atoms with Gasteiger partial charge in [0.1, 0.15) is 0 Å². The lowest BCUT2D eigenvalue weighted by atomic mass is 9.87. The Bertz CT molecular complexity index is 878. The molecule has 1 saturated heterocycles. The van der Waals surface area contributed by atoms with E-state index in [0.717, 1.165) is 44.0 Å². The van der Waals surface area contributed by atoms with Crippen molar-refractivity contribution >= 4 is 23.3 Å². The van der Waals surface area contributed by atoms with Crippen LogP contribution >= 0.6 is 0 Å². The summed E-state index contributed by atoms with van der Waals surface area (Å²) in [6.07, 6.45) is 0. The summed E-state index contributed by atoms with van der Waals surface area (Å²) < 4.78 is 5.16. The molecule has 0 spiro atoms. The third-order valence-corrected chi connectivity index (χ3v) is 5.66. The number of nitrogens with zero attached hydrogens (tertiary/aromatic N) is 2. The molecule has 0 atom stereocenters. The van der Waals surface area contributed by atoms with Gasteiger partial charge in [0.15, 0.2) is 6.61 Å². The number of hydrogen-bond donors (Lipinski definition) is 1. The van der Waals surface area contributed by atoms with E-state index in [1.165, 1.54) is 0 Å². The van der Waals surface area contributed by atoms with Crippen LogP contribution in [-0.4, -0.2) is 56.1 Å². The number of esters is 1. The zero-order valence-corrected chi connectivity index (χ0v) is 19.0. The smallest absolute Gasteiger partial charge is 0.338 e. The number of likely N-dealkylation sites (N-methyl/N-ethyl adjacent to an activating group) is 1. The van der Waals surface area contributed by atoms with Gasteiger partial charge in [-0.1, -0.05) is 39.8 Å². The summed E-state index contributed by atoms with van der Waals surface area (Å²) in [5, 5.41) is 2.78. The molecule has 0 radical (unpaired) electrons. The molecule has 0 aliphatic carbocycles. The average molecular weight is 424 g/mol. The number of benzene rings is 2. The lowest BCUT2D eigenvalue weighted by Crippen LogP contribution is -2.46. The Morgan fingerprint density at radius 3 is 2.10 bits per heavy atom. The first-order valence-corrected chi connectivity index (χ1v) is 10.9. The molecule has 6 heteroatoms. The monoisotopic (exact) mass is 423 g/mol. The van der Waals surface area contributed by atoms with Crippen molar-refractivity contribution in [1.29, 1.82) is 0 Å². The second-order valence-corrected chi connectivity index (χ2v) is 8.92. The number of carbonyl (C=O) groups is 2. The molecule has 1 N–H and O–H groups in total. The molecule has 1 aliphatic rings. The number of carbonyl (C=O) groups excluding carboxylic acids is 2. The van der Waals surface area contributed by atoms with Gasteiger partial charge in [-0.2, -0.15) is 0 Å². The molecule has 3 rings (SSSR count). The molecule has 2 aromatic rings. The highest BCUT2D eigenvalue weighted by Gasteiger charge is 2.17. The van der Waals surface area contributed by atoms with E-state index in [9.17, 15) is 9.59 Å². The predicted octanol–water partition coefficient (Wildman–Crippen LogP) is 3.92. The number of rotatable bonds is 6. The topological polar surface area (TPSA) is 61.9 Å². The largest absolute Gasteiger partial charge is 0.452 e. The van der Waals surface area contributed by atoms with Crippen LogP contribution in [0, 0.1) is 0 Å². The van der Waals surface area contributed by atoms with E-state index >= 15 is 0 Å². The summed E-state index contributed by atoms with van der Waals surface area (Å²) in [7, 11) is 0. The normalized spacial score (nSPS) is 14.9. The molecule has 1 heterocycles. The third kappa shape index (κ3) is 6.31. The zero-order chi connectivity index (χ0) is 22.4. The quantitative estimate of drug-likeness (QED) is 0.714. The van der Waals surface area contributed by atoms with Crippen molar-refractivity contribution in [3.63, 3.8) is 0 Å². The Kier molecular flexibility index (Phi) is 7.33. The van der Waals surface area contributed by atoms with E-state index in [1.807, 2.05) is 36.4 Å². The Labute approximate surface area is 185 Å². The van der Waals surface area contributed by atoms with Crippen LogP contribution in [-0.2, 0) is 14.9 Å². The first-order chi connectivity index (χ1) is 14.8. The highest BCUT2D eigenvalue weighted by Crippen LogP contribution is 2.22.